The SMILES string of the molecule is Cc1nc(-c2cccc(NC(=O)CSc3ccc4ccccc4c3)c2)n[nH]1. The van der Waals surface area contributed by atoms with Crippen LogP contribution in [0.2, 0.25) is 0 Å². The molecule has 3 aromatic carbocycles. The number of carbonyl (C=O) groups is 1. The summed E-state index contributed by atoms with van der Waals surface area (Å²) in [6.45, 7) is 1.85. The van der Waals surface area contributed by atoms with Crippen LogP contribution in [0, 0.1) is 6.92 Å². The second-order valence-electron chi connectivity index (χ2n) is 6.17. The van der Waals surface area contributed by atoms with Gasteiger partial charge in [-0.1, -0.05) is 42.5 Å². The van der Waals surface area contributed by atoms with Crippen LogP contribution in [0.25, 0.3) is 22.2 Å². The number of amides is 1. The van der Waals surface area contributed by atoms with Gasteiger partial charge in [0.25, 0.3) is 0 Å². The molecule has 4 aromatic rings. The van der Waals surface area contributed by atoms with Crippen molar-refractivity contribution in [1.82, 2.24) is 15.2 Å². The standard InChI is InChI=1S/C21H18N4OS/c1-14-22-21(25-24-14)17-7-4-8-18(11-17)23-20(26)13-27-19-10-9-15-5-2-3-6-16(15)12-19/h2-12H,13H2,1H3,(H,23,26)(H,22,24,25). The van der Waals surface area contributed by atoms with Gasteiger partial charge in [0, 0.05) is 16.1 Å². The Morgan fingerprint density at radius 1 is 1.04 bits per heavy atom. The van der Waals surface area contributed by atoms with E-state index in [2.05, 4.69) is 44.8 Å². The topological polar surface area (TPSA) is 70.7 Å². The lowest BCUT2D eigenvalue weighted by Gasteiger charge is -2.07. The predicted molar refractivity (Wildman–Crippen MR) is 110 cm³/mol. The van der Waals surface area contributed by atoms with Crippen LogP contribution < -0.4 is 5.32 Å². The van der Waals surface area contributed by atoms with Crippen LogP contribution in [0.3, 0.4) is 0 Å². The highest BCUT2D eigenvalue weighted by Crippen LogP contribution is 2.24. The van der Waals surface area contributed by atoms with Gasteiger partial charge in [-0.2, -0.15) is 5.10 Å². The largest absolute Gasteiger partial charge is 0.325 e. The summed E-state index contributed by atoms with van der Waals surface area (Å²) in [5.74, 6) is 1.68. The number of fused-ring (bicyclic) bond motifs is 1. The molecule has 0 radical (unpaired) electrons. The van der Waals surface area contributed by atoms with Crippen molar-refractivity contribution in [2.45, 2.75) is 11.8 Å². The molecular formula is C21H18N4OS. The minimum Gasteiger partial charge on any atom is -0.325 e. The Labute approximate surface area is 161 Å². The van der Waals surface area contributed by atoms with Gasteiger partial charge < -0.3 is 5.32 Å². The van der Waals surface area contributed by atoms with Crippen molar-refractivity contribution < 1.29 is 4.79 Å². The number of carbonyl (C=O) groups excluding carboxylic acids is 1. The maximum absolute atomic E-state index is 12.3. The number of hydrogen-bond donors (Lipinski definition) is 2. The molecule has 4 rings (SSSR count). The van der Waals surface area contributed by atoms with E-state index in [-0.39, 0.29) is 5.91 Å². The van der Waals surface area contributed by atoms with Crippen molar-refractivity contribution in [3.8, 4) is 11.4 Å². The molecule has 0 aliphatic rings. The van der Waals surface area contributed by atoms with Gasteiger partial charge in [0.15, 0.2) is 5.82 Å². The number of nitrogens with zero attached hydrogens (tertiary/aromatic N) is 2. The number of H-pyrrole nitrogens is 1. The van der Waals surface area contributed by atoms with E-state index in [1.807, 2.05) is 49.4 Å². The number of aromatic amines is 1. The second kappa shape index (κ2) is 7.63. The van der Waals surface area contributed by atoms with E-state index in [1.54, 1.807) is 0 Å². The average Bonchev–Trinajstić information content (AvgIpc) is 3.13. The Hall–Kier alpha value is -3.12. The molecule has 134 valence electrons. The van der Waals surface area contributed by atoms with Crippen LogP contribution in [0.1, 0.15) is 5.82 Å². The Morgan fingerprint density at radius 3 is 2.70 bits per heavy atom. The van der Waals surface area contributed by atoms with Gasteiger partial charge in [0.1, 0.15) is 5.82 Å². The first-order valence-corrected chi connectivity index (χ1v) is 9.57. The molecule has 0 spiro atoms. The molecule has 0 fully saturated rings. The normalized spacial score (nSPS) is 10.9. The summed E-state index contributed by atoms with van der Waals surface area (Å²) in [5, 5.41) is 12.3. The van der Waals surface area contributed by atoms with E-state index in [4.69, 9.17) is 0 Å². The van der Waals surface area contributed by atoms with Crippen molar-refractivity contribution in [2.24, 2.45) is 0 Å². The highest BCUT2D eigenvalue weighted by atomic mass is 32.2. The van der Waals surface area contributed by atoms with E-state index in [0.29, 0.717) is 11.6 Å². The molecule has 1 aromatic heterocycles. The third-order valence-corrected chi connectivity index (χ3v) is 5.09. The fourth-order valence-corrected chi connectivity index (χ4v) is 3.56. The molecule has 0 aliphatic heterocycles. The maximum atomic E-state index is 12.3. The molecule has 6 heteroatoms. The van der Waals surface area contributed by atoms with E-state index >= 15 is 0 Å². The number of hydrogen-bond acceptors (Lipinski definition) is 4. The highest BCUT2D eigenvalue weighted by Gasteiger charge is 2.08. The summed E-state index contributed by atoms with van der Waals surface area (Å²) in [6, 6.07) is 22.0. The van der Waals surface area contributed by atoms with Crippen LogP contribution in [0.4, 0.5) is 5.69 Å². The number of aryl methyl sites for hydroxylation is 1. The number of benzene rings is 3. The monoisotopic (exact) mass is 374 g/mol. The van der Waals surface area contributed by atoms with Crippen LogP contribution in [-0.2, 0) is 4.79 Å². The van der Waals surface area contributed by atoms with Crippen LogP contribution in [0.5, 0.6) is 0 Å². The maximum Gasteiger partial charge on any atom is 0.234 e. The summed E-state index contributed by atoms with van der Waals surface area (Å²) >= 11 is 1.52. The van der Waals surface area contributed by atoms with Gasteiger partial charge in [-0.3, -0.25) is 9.89 Å². The number of nitrogens with one attached hydrogen (secondary N) is 2. The quantitative estimate of drug-likeness (QED) is 0.498. The van der Waals surface area contributed by atoms with Gasteiger partial charge in [-0.05, 0) is 42.0 Å². The molecule has 0 saturated carbocycles. The molecule has 0 bridgehead atoms. The first-order chi connectivity index (χ1) is 13.2. The third kappa shape index (κ3) is 4.17. The summed E-state index contributed by atoms with van der Waals surface area (Å²) in [6.07, 6.45) is 0. The van der Waals surface area contributed by atoms with E-state index in [0.717, 1.165) is 22.0 Å². The van der Waals surface area contributed by atoms with Gasteiger partial charge in [-0.15, -0.1) is 11.8 Å². The molecule has 0 atom stereocenters. The number of aromatic nitrogens is 3. The zero-order valence-corrected chi connectivity index (χ0v) is 15.6. The van der Waals surface area contributed by atoms with Crippen molar-refractivity contribution in [3.05, 3.63) is 72.6 Å². The summed E-state index contributed by atoms with van der Waals surface area (Å²) in [7, 11) is 0. The fourth-order valence-electron chi connectivity index (χ4n) is 2.81. The van der Waals surface area contributed by atoms with E-state index in [1.165, 1.54) is 22.5 Å². The number of rotatable bonds is 5. The molecule has 27 heavy (non-hydrogen) atoms. The van der Waals surface area contributed by atoms with Crippen molar-refractivity contribution >= 4 is 34.1 Å². The number of thioether (sulfide) groups is 1. The smallest absolute Gasteiger partial charge is 0.234 e. The lowest BCUT2D eigenvalue weighted by atomic mass is 10.1. The Bertz CT molecular complexity index is 1110. The first kappa shape index (κ1) is 17.3. The summed E-state index contributed by atoms with van der Waals surface area (Å²) in [4.78, 5) is 17.7. The van der Waals surface area contributed by atoms with Crippen LogP contribution >= 0.6 is 11.8 Å². The lowest BCUT2D eigenvalue weighted by molar-refractivity contribution is -0.113. The zero-order chi connectivity index (χ0) is 18.6. The molecule has 0 aliphatic carbocycles. The lowest BCUT2D eigenvalue weighted by Crippen LogP contribution is -2.13. The van der Waals surface area contributed by atoms with Crippen LogP contribution in [0.15, 0.2) is 71.6 Å². The Morgan fingerprint density at radius 2 is 1.89 bits per heavy atom. The highest BCUT2D eigenvalue weighted by molar-refractivity contribution is 8.00. The van der Waals surface area contributed by atoms with Gasteiger partial charge in [0.05, 0.1) is 5.75 Å². The fraction of sp³-hybridized carbons (Fsp3) is 0.0952. The molecular weight excluding hydrogens is 356 g/mol. The van der Waals surface area contributed by atoms with Crippen molar-refractivity contribution in [3.63, 3.8) is 0 Å². The minimum absolute atomic E-state index is 0.0449. The summed E-state index contributed by atoms with van der Waals surface area (Å²) < 4.78 is 0. The van der Waals surface area contributed by atoms with Crippen molar-refractivity contribution in [2.75, 3.05) is 11.1 Å². The Balaban J connectivity index is 1.40. The zero-order valence-electron chi connectivity index (χ0n) is 14.8. The predicted octanol–water partition coefficient (Wildman–Crippen LogP) is 4.66. The molecule has 0 unspecified atom stereocenters. The molecule has 0 saturated heterocycles. The number of anilines is 1. The Kier molecular flexibility index (Phi) is 4.89. The summed E-state index contributed by atoms with van der Waals surface area (Å²) in [5.41, 5.74) is 1.60. The minimum atomic E-state index is -0.0449. The van der Waals surface area contributed by atoms with Crippen LogP contribution in [-0.4, -0.2) is 26.8 Å². The molecule has 2 N–H and O–H groups in total. The van der Waals surface area contributed by atoms with Crippen molar-refractivity contribution in [1.29, 1.82) is 0 Å². The average molecular weight is 374 g/mol. The van der Waals surface area contributed by atoms with Gasteiger partial charge in [-0.25, -0.2) is 4.98 Å². The molecule has 1 heterocycles. The molecule has 5 nitrogen and oxygen atoms in total. The first-order valence-electron chi connectivity index (χ1n) is 8.58. The van der Waals surface area contributed by atoms with E-state index < -0.39 is 0 Å². The molecule has 1 amide bonds. The van der Waals surface area contributed by atoms with Gasteiger partial charge >= 0.3 is 0 Å². The van der Waals surface area contributed by atoms with Gasteiger partial charge in [0.2, 0.25) is 5.91 Å². The second-order valence-corrected chi connectivity index (χ2v) is 7.22. The third-order valence-electron chi connectivity index (χ3n) is 4.09. The van der Waals surface area contributed by atoms with E-state index in [9.17, 15) is 4.79 Å².